The van der Waals surface area contributed by atoms with Gasteiger partial charge in [0.05, 0.1) is 6.73 Å². The molecule has 0 aromatic heterocycles. The van der Waals surface area contributed by atoms with E-state index in [9.17, 15) is 0 Å². The van der Waals surface area contributed by atoms with Crippen molar-refractivity contribution in [3.05, 3.63) is 0 Å². The third-order valence-electron chi connectivity index (χ3n) is 3.82. The molecule has 0 rings (SSSR count). The number of nitrogens with one attached hydrogen (secondary N) is 1. The first-order valence-corrected chi connectivity index (χ1v) is 8.73. The van der Waals surface area contributed by atoms with Crippen LogP contribution in [0.1, 0.15) is 96.8 Å². The van der Waals surface area contributed by atoms with Gasteiger partial charge in [0, 0.05) is 0 Å². The van der Waals surface area contributed by atoms with E-state index in [1.54, 1.807) is 0 Å². The smallest absolute Gasteiger partial charge is 0.0931 e. The van der Waals surface area contributed by atoms with Crippen LogP contribution in [-0.4, -0.2) is 18.4 Å². The van der Waals surface area contributed by atoms with Gasteiger partial charge in [0.15, 0.2) is 0 Å². The lowest BCUT2D eigenvalue weighted by Gasteiger charge is -2.03. The molecule has 0 atom stereocenters. The van der Waals surface area contributed by atoms with E-state index >= 15 is 0 Å². The molecule has 0 unspecified atom stereocenters. The van der Waals surface area contributed by atoms with Crippen molar-refractivity contribution in [2.45, 2.75) is 96.8 Å². The second-order valence-corrected chi connectivity index (χ2v) is 5.75. The molecular weight excluding hydrogens is 270 g/mol. The molecule has 0 aliphatic carbocycles. The Labute approximate surface area is 133 Å². The lowest BCUT2D eigenvalue weighted by Crippen LogP contribution is -2.15. The number of rotatable bonds is 16. The van der Waals surface area contributed by atoms with Gasteiger partial charge in [-0.05, 0) is 13.0 Å². The van der Waals surface area contributed by atoms with Crippen LogP contribution in [-0.2, 0) is 0 Å². The van der Waals surface area contributed by atoms with E-state index in [2.05, 4.69) is 12.2 Å². The largest absolute Gasteiger partial charge is 0.381 e. The minimum atomic E-state index is 0. The fourth-order valence-corrected chi connectivity index (χ4v) is 2.52. The van der Waals surface area contributed by atoms with Gasteiger partial charge < -0.3 is 5.11 Å². The van der Waals surface area contributed by atoms with Crippen molar-refractivity contribution in [2.24, 2.45) is 0 Å². The fraction of sp³-hybridized carbons (Fsp3) is 1.00. The standard InChI is InChI=1S/C17H37NO.ClH/c1-2-3-4-5-6-7-8-9-10-11-12-13-14-15-16-18-17-19;/h18-19H,2-17H2,1H3;1H. The lowest BCUT2D eigenvalue weighted by molar-refractivity contribution is 0.260. The molecule has 0 heterocycles. The lowest BCUT2D eigenvalue weighted by atomic mass is 10.0. The normalized spacial score (nSPS) is 10.5. The van der Waals surface area contributed by atoms with E-state index in [0.29, 0.717) is 0 Å². The molecule has 0 aliphatic heterocycles. The highest BCUT2D eigenvalue weighted by Crippen LogP contribution is 2.12. The summed E-state index contributed by atoms with van der Waals surface area (Å²) in [6, 6.07) is 0. The van der Waals surface area contributed by atoms with Crippen LogP contribution in [0.5, 0.6) is 0 Å². The summed E-state index contributed by atoms with van der Waals surface area (Å²) in [5.41, 5.74) is 0. The SMILES string of the molecule is CCCCCCCCCCCCCCCCNCO.Cl. The van der Waals surface area contributed by atoms with E-state index in [-0.39, 0.29) is 19.1 Å². The van der Waals surface area contributed by atoms with Crippen molar-refractivity contribution >= 4 is 12.4 Å². The summed E-state index contributed by atoms with van der Waals surface area (Å²) < 4.78 is 0. The molecule has 2 N–H and O–H groups in total. The first kappa shape index (κ1) is 22.5. The molecule has 0 aliphatic rings. The molecule has 3 heteroatoms. The summed E-state index contributed by atoms with van der Waals surface area (Å²) >= 11 is 0. The summed E-state index contributed by atoms with van der Waals surface area (Å²) in [5, 5.41) is 11.5. The van der Waals surface area contributed by atoms with Crippen LogP contribution in [0.15, 0.2) is 0 Å². The van der Waals surface area contributed by atoms with Gasteiger partial charge in [-0.25, -0.2) is 0 Å². The highest BCUT2D eigenvalue weighted by atomic mass is 35.5. The second-order valence-electron chi connectivity index (χ2n) is 5.75. The van der Waals surface area contributed by atoms with E-state index in [1.165, 1.54) is 89.9 Å². The highest BCUT2D eigenvalue weighted by molar-refractivity contribution is 5.85. The van der Waals surface area contributed by atoms with Gasteiger partial charge in [0.1, 0.15) is 0 Å². The van der Waals surface area contributed by atoms with Crippen LogP contribution in [0.2, 0.25) is 0 Å². The topological polar surface area (TPSA) is 32.3 Å². The monoisotopic (exact) mass is 307 g/mol. The van der Waals surface area contributed by atoms with Crippen molar-refractivity contribution in [3.63, 3.8) is 0 Å². The zero-order valence-electron chi connectivity index (χ0n) is 13.7. The predicted molar refractivity (Wildman–Crippen MR) is 92.6 cm³/mol. The van der Waals surface area contributed by atoms with Gasteiger partial charge in [-0.2, -0.15) is 0 Å². The summed E-state index contributed by atoms with van der Waals surface area (Å²) in [4.78, 5) is 0. The van der Waals surface area contributed by atoms with Crippen molar-refractivity contribution in [1.29, 1.82) is 0 Å². The Morgan fingerprint density at radius 2 is 0.950 bits per heavy atom. The predicted octanol–water partition coefficient (Wildman–Crippen LogP) is 5.43. The molecule has 0 spiro atoms. The van der Waals surface area contributed by atoms with Gasteiger partial charge in [-0.15, -0.1) is 12.4 Å². The van der Waals surface area contributed by atoms with Gasteiger partial charge >= 0.3 is 0 Å². The van der Waals surface area contributed by atoms with E-state index < -0.39 is 0 Å². The van der Waals surface area contributed by atoms with Crippen molar-refractivity contribution in [3.8, 4) is 0 Å². The molecule has 0 amide bonds. The van der Waals surface area contributed by atoms with Crippen LogP contribution in [0.3, 0.4) is 0 Å². The summed E-state index contributed by atoms with van der Waals surface area (Å²) in [6.45, 7) is 3.37. The highest BCUT2D eigenvalue weighted by Gasteiger charge is 1.93. The maximum Gasteiger partial charge on any atom is 0.0931 e. The number of hydrogen-bond donors (Lipinski definition) is 2. The quantitative estimate of drug-likeness (QED) is 0.294. The molecular formula is C17H38ClNO. The molecule has 124 valence electrons. The average Bonchev–Trinajstić information content (AvgIpc) is 2.43. The zero-order chi connectivity index (χ0) is 14.0. The van der Waals surface area contributed by atoms with Gasteiger partial charge in [0.2, 0.25) is 0 Å². The van der Waals surface area contributed by atoms with Crippen molar-refractivity contribution < 1.29 is 5.11 Å². The maximum absolute atomic E-state index is 8.56. The van der Waals surface area contributed by atoms with Gasteiger partial charge in [-0.1, -0.05) is 90.4 Å². The third-order valence-corrected chi connectivity index (χ3v) is 3.82. The minimum Gasteiger partial charge on any atom is -0.381 e. The molecule has 0 saturated carbocycles. The molecule has 0 saturated heterocycles. The Morgan fingerprint density at radius 3 is 1.30 bits per heavy atom. The molecule has 0 aromatic carbocycles. The zero-order valence-corrected chi connectivity index (χ0v) is 14.5. The Bertz CT molecular complexity index is 140. The first-order chi connectivity index (χ1) is 9.41. The second kappa shape index (κ2) is 21.5. The van der Waals surface area contributed by atoms with Crippen molar-refractivity contribution in [2.75, 3.05) is 13.3 Å². The number of aliphatic hydroxyl groups is 1. The van der Waals surface area contributed by atoms with E-state index in [0.717, 1.165) is 6.54 Å². The van der Waals surface area contributed by atoms with Crippen LogP contribution in [0, 0.1) is 0 Å². The Kier molecular flexibility index (Phi) is 24.2. The molecule has 2 nitrogen and oxygen atoms in total. The Balaban J connectivity index is 0. The molecule has 0 aromatic rings. The molecule has 20 heavy (non-hydrogen) atoms. The number of halogens is 1. The third kappa shape index (κ3) is 20.5. The van der Waals surface area contributed by atoms with Gasteiger partial charge in [-0.3, -0.25) is 5.32 Å². The Hall–Kier alpha value is 0.210. The minimum absolute atomic E-state index is 0. The Morgan fingerprint density at radius 1 is 0.600 bits per heavy atom. The van der Waals surface area contributed by atoms with Crippen LogP contribution in [0.4, 0.5) is 0 Å². The van der Waals surface area contributed by atoms with Crippen LogP contribution < -0.4 is 5.32 Å². The first-order valence-electron chi connectivity index (χ1n) is 8.73. The molecule has 0 fully saturated rings. The maximum atomic E-state index is 8.56. The summed E-state index contributed by atoms with van der Waals surface area (Å²) in [6.07, 6.45) is 19.6. The fourth-order valence-electron chi connectivity index (χ4n) is 2.52. The van der Waals surface area contributed by atoms with Crippen molar-refractivity contribution in [1.82, 2.24) is 5.32 Å². The van der Waals surface area contributed by atoms with Gasteiger partial charge in [0.25, 0.3) is 0 Å². The number of hydrogen-bond acceptors (Lipinski definition) is 2. The summed E-state index contributed by atoms with van der Waals surface area (Å²) in [7, 11) is 0. The molecule has 0 radical (unpaired) electrons. The van der Waals surface area contributed by atoms with Crippen LogP contribution in [0.25, 0.3) is 0 Å². The number of unbranched alkanes of at least 4 members (excludes halogenated alkanes) is 13. The number of aliphatic hydroxyl groups excluding tert-OH is 1. The van der Waals surface area contributed by atoms with E-state index in [1.807, 2.05) is 0 Å². The average molecular weight is 308 g/mol. The van der Waals surface area contributed by atoms with E-state index in [4.69, 9.17) is 5.11 Å². The molecule has 0 bridgehead atoms. The van der Waals surface area contributed by atoms with Crippen LogP contribution >= 0.6 is 12.4 Å². The summed E-state index contributed by atoms with van der Waals surface area (Å²) in [5.74, 6) is 0.